The standard InChI is InChI=1S/C26H35N5O3.CH4/c1-17(2)22(16-32-15-20-12-23(30-34-20)26(3,4)5)31-14-18-11-24(28-13-21(18)29-25(31)27)33-19-9-7-6-8-10-19;/h6-11,13,17,20,22H,12,14-16H2,1-5H3,(H2,27,29);1H4/t20?,22-;/m0./s1. The number of rotatable bonds is 8. The van der Waals surface area contributed by atoms with Crippen molar-refractivity contribution in [2.24, 2.45) is 27.2 Å². The minimum atomic E-state index is -0.0427. The number of aliphatic imine (C=N–C) groups is 1. The van der Waals surface area contributed by atoms with E-state index in [1.165, 1.54) is 0 Å². The van der Waals surface area contributed by atoms with Crippen molar-refractivity contribution in [1.82, 2.24) is 9.88 Å². The van der Waals surface area contributed by atoms with Crippen molar-refractivity contribution in [3.8, 4) is 11.6 Å². The summed E-state index contributed by atoms with van der Waals surface area (Å²) in [6, 6.07) is 11.6. The molecule has 190 valence electrons. The van der Waals surface area contributed by atoms with E-state index in [2.05, 4.69) is 54.7 Å². The normalized spacial score (nSPS) is 18.2. The summed E-state index contributed by atoms with van der Waals surface area (Å²) >= 11 is 0. The summed E-state index contributed by atoms with van der Waals surface area (Å²) in [6.07, 6.45) is 2.47. The van der Waals surface area contributed by atoms with Crippen molar-refractivity contribution >= 4 is 17.4 Å². The van der Waals surface area contributed by atoms with Gasteiger partial charge in [-0.05, 0) is 18.1 Å². The summed E-state index contributed by atoms with van der Waals surface area (Å²) in [5.74, 6) is 2.06. The van der Waals surface area contributed by atoms with Crippen molar-refractivity contribution in [2.45, 2.75) is 67.2 Å². The summed E-state index contributed by atoms with van der Waals surface area (Å²) in [7, 11) is 0. The van der Waals surface area contributed by atoms with Crippen LogP contribution in [0, 0.1) is 11.3 Å². The second kappa shape index (κ2) is 11.1. The van der Waals surface area contributed by atoms with Gasteiger partial charge in [-0.2, -0.15) is 0 Å². The van der Waals surface area contributed by atoms with E-state index in [1.807, 2.05) is 36.4 Å². The molecule has 0 fully saturated rings. The van der Waals surface area contributed by atoms with E-state index in [9.17, 15) is 0 Å². The Morgan fingerprint density at radius 3 is 2.60 bits per heavy atom. The van der Waals surface area contributed by atoms with Crippen molar-refractivity contribution in [1.29, 1.82) is 0 Å². The maximum atomic E-state index is 6.37. The lowest BCUT2D eigenvalue weighted by Crippen LogP contribution is -2.50. The minimum Gasteiger partial charge on any atom is -0.439 e. The zero-order chi connectivity index (χ0) is 24.3. The third-order valence-corrected chi connectivity index (χ3v) is 6.14. The van der Waals surface area contributed by atoms with Gasteiger partial charge in [-0.25, -0.2) is 9.98 Å². The molecular weight excluding hydrogens is 442 g/mol. The maximum Gasteiger partial charge on any atom is 0.219 e. The average Bonchev–Trinajstić information content (AvgIpc) is 3.27. The smallest absolute Gasteiger partial charge is 0.219 e. The fourth-order valence-electron chi connectivity index (χ4n) is 4.02. The molecule has 4 rings (SSSR count). The predicted octanol–water partition coefficient (Wildman–Crippen LogP) is 5.50. The van der Waals surface area contributed by atoms with E-state index in [4.69, 9.17) is 20.0 Å². The number of benzene rings is 1. The number of guanidine groups is 1. The number of hydrogen-bond acceptors (Lipinski definition) is 8. The number of para-hydroxylation sites is 1. The van der Waals surface area contributed by atoms with Gasteiger partial charge in [0.25, 0.3) is 0 Å². The van der Waals surface area contributed by atoms with Crippen LogP contribution in [0.2, 0.25) is 0 Å². The van der Waals surface area contributed by atoms with Gasteiger partial charge in [-0.1, -0.05) is 65.4 Å². The number of nitrogens with two attached hydrogens (primary N) is 1. The lowest BCUT2D eigenvalue weighted by molar-refractivity contribution is -0.0160. The quantitative estimate of drug-likeness (QED) is 0.535. The van der Waals surface area contributed by atoms with Gasteiger partial charge in [-0.15, -0.1) is 0 Å². The van der Waals surface area contributed by atoms with Gasteiger partial charge in [0.2, 0.25) is 5.88 Å². The second-order valence-corrected chi connectivity index (χ2v) is 10.2. The highest BCUT2D eigenvalue weighted by Crippen LogP contribution is 2.31. The molecule has 0 amide bonds. The third kappa shape index (κ3) is 6.51. The molecule has 2 aromatic rings. The minimum absolute atomic E-state index is 0. The summed E-state index contributed by atoms with van der Waals surface area (Å²) < 4.78 is 12.0. The number of ether oxygens (including phenoxy) is 2. The van der Waals surface area contributed by atoms with Gasteiger partial charge < -0.3 is 24.9 Å². The van der Waals surface area contributed by atoms with Gasteiger partial charge in [0, 0.05) is 30.0 Å². The second-order valence-electron chi connectivity index (χ2n) is 10.2. The fourth-order valence-corrected chi connectivity index (χ4v) is 4.02. The number of hydrogen-bond donors (Lipinski definition) is 1. The number of nitrogens with zero attached hydrogens (tertiary/aromatic N) is 4. The number of pyridine rings is 1. The molecule has 0 aliphatic carbocycles. The Bertz CT molecular complexity index is 1050. The monoisotopic (exact) mass is 481 g/mol. The largest absolute Gasteiger partial charge is 0.439 e. The van der Waals surface area contributed by atoms with Crippen LogP contribution < -0.4 is 10.5 Å². The van der Waals surface area contributed by atoms with Gasteiger partial charge in [0.15, 0.2) is 12.1 Å². The first kappa shape index (κ1) is 26.5. The van der Waals surface area contributed by atoms with Gasteiger partial charge >= 0.3 is 0 Å². The van der Waals surface area contributed by atoms with Crippen molar-refractivity contribution in [2.75, 3.05) is 13.2 Å². The molecule has 0 saturated carbocycles. The average molecular weight is 482 g/mol. The molecule has 35 heavy (non-hydrogen) atoms. The Hall–Kier alpha value is -3.13. The summed E-state index contributed by atoms with van der Waals surface area (Å²) in [4.78, 5) is 16.7. The number of oxime groups is 1. The molecule has 0 saturated heterocycles. The van der Waals surface area contributed by atoms with Crippen molar-refractivity contribution in [3.05, 3.63) is 48.2 Å². The highest BCUT2D eigenvalue weighted by atomic mass is 16.7. The molecule has 2 aliphatic heterocycles. The van der Waals surface area contributed by atoms with Crippen molar-refractivity contribution < 1.29 is 14.3 Å². The lowest BCUT2D eigenvalue weighted by Gasteiger charge is -2.37. The van der Waals surface area contributed by atoms with Crippen LogP contribution in [0.5, 0.6) is 11.6 Å². The Labute approximate surface area is 209 Å². The van der Waals surface area contributed by atoms with Gasteiger partial charge in [0.1, 0.15) is 5.75 Å². The van der Waals surface area contributed by atoms with E-state index < -0.39 is 0 Å². The highest BCUT2D eigenvalue weighted by molar-refractivity contribution is 5.90. The van der Waals surface area contributed by atoms with E-state index in [1.54, 1.807) is 6.20 Å². The van der Waals surface area contributed by atoms with Crippen LogP contribution in [0.15, 0.2) is 52.7 Å². The molecule has 0 bridgehead atoms. The fraction of sp³-hybridized carbons (Fsp3) is 0.519. The van der Waals surface area contributed by atoms with E-state index in [0.717, 1.165) is 29.1 Å². The Morgan fingerprint density at radius 2 is 1.94 bits per heavy atom. The third-order valence-electron chi connectivity index (χ3n) is 6.14. The molecule has 1 aromatic carbocycles. The highest BCUT2D eigenvalue weighted by Gasteiger charge is 2.31. The maximum absolute atomic E-state index is 6.37. The van der Waals surface area contributed by atoms with Crippen LogP contribution >= 0.6 is 0 Å². The topological polar surface area (TPSA) is 94.6 Å². The molecule has 2 aliphatic rings. The van der Waals surface area contributed by atoms with E-state index >= 15 is 0 Å². The lowest BCUT2D eigenvalue weighted by atomic mass is 9.87. The molecule has 0 radical (unpaired) electrons. The van der Waals surface area contributed by atoms with Crippen molar-refractivity contribution in [3.63, 3.8) is 0 Å². The first-order valence-corrected chi connectivity index (χ1v) is 11.8. The Kier molecular flexibility index (Phi) is 8.38. The zero-order valence-corrected chi connectivity index (χ0v) is 20.7. The molecule has 3 heterocycles. The Morgan fingerprint density at radius 1 is 1.20 bits per heavy atom. The zero-order valence-electron chi connectivity index (χ0n) is 20.7. The molecule has 8 heteroatoms. The number of fused-ring (bicyclic) bond motifs is 1. The summed E-state index contributed by atoms with van der Waals surface area (Å²) in [6.45, 7) is 12.4. The van der Waals surface area contributed by atoms with Crippen LogP contribution in [-0.4, -0.2) is 46.9 Å². The molecule has 0 spiro atoms. The summed E-state index contributed by atoms with van der Waals surface area (Å²) in [5, 5.41) is 4.26. The number of aromatic nitrogens is 1. The Balaban J connectivity index is 0.00000342. The molecule has 1 unspecified atom stereocenters. The first-order chi connectivity index (χ1) is 16.2. The summed E-state index contributed by atoms with van der Waals surface area (Å²) in [5.41, 5.74) is 9.25. The van der Waals surface area contributed by atoms with E-state index in [-0.39, 0.29) is 25.0 Å². The van der Waals surface area contributed by atoms with Crippen LogP contribution in [0.3, 0.4) is 0 Å². The predicted molar refractivity (Wildman–Crippen MR) is 140 cm³/mol. The SMILES string of the molecule is C.CC(C)[C@H](COCC1CC(C(C)(C)C)=NO1)N1Cc2cc(Oc3ccccc3)ncc2N=C1N. The van der Waals surface area contributed by atoms with Gasteiger partial charge in [0.05, 0.1) is 36.9 Å². The molecule has 8 nitrogen and oxygen atoms in total. The van der Waals surface area contributed by atoms with Crippen LogP contribution in [-0.2, 0) is 16.1 Å². The molecule has 2 N–H and O–H groups in total. The van der Waals surface area contributed by atoms with E-state index in [0.29, 0.717) is 37.5 Å². The van der Waals surface area contributed by atoms with Crippen LogP contribution in [0.25, 0.3) is 0 Å². The first-order valence-electron chi connectivity index (χ1n) is 11.8. The van der Waals surface area contributed by atoms with Crippen LogP contribution in [0.1, 0.15) is 54.0 Å². The van der Waals surface area contributed by atoms with Gasteiger partial charge in [-0.3, -0.25) is 0 Å². The van der Waals surface area contributed by atoms with Crippen LogP contribution in [0.4, 0.5) is 5.69 Å². The molecule has 2 atom stereocenters. The molecular formula is C27H39N5O3. The molecule has 1 aromatic heterocycles.